The molecule has 1 fully saturated rings. The van der Waals surface area contributed by atoms with Crippen LogP contribution in [-0.4, -0.2) is 65.5 Å². The Bertz CT molecular complexity index is 956. The van der Waals surface area contributed by atoms with Crippen molar-refractivity contribution in [1.82, 2.24) is 19.8 Å². The van der Waals surface area contributed by atoms with E-state index in [9.17, 15) is 4.79 Å². The number of imidazole rings is 1. The van der Waals surface area contributed by atoms with Gasteiger partial charge in [0.15, 0.2) is 0 Å². The molecule has 1 aromatic heterocycles. The predicted molar refractivity (Wildman–Crippen MR) is 110 cm³/mol. The van der Waals surface area contributed by atoms with E-state index in [1.165, 1.54) is 5.56 Å². The number of aryl methyl sites for hydroxylation is 1. The monoisotopic (exact) mass is 378 g/mol. The fourth-order valence-corrected chi connectivity index (χ4v) is 3.65. The quantitative estimate of drug-likeness (QED) is 0.742. The Morgan fingerprint density at radius 3 is 2.57 bits per heavy atom. The summed E-state index contributed by atoms with van der Waals surface area (Å²) in [5.41, 5.74) is 4.08. The smallest absolute Gasteiger partial charge is 0.253 e. The molecule has 0 bridgehead atoms. The zero-order valence-corrected chi connectivity index (χ0v) is 16.4. The first kappa shape index (κ1) is 18.5. The number of carbonyl (C=O) groups is 1. The molecule has 1 amide bonds. The van der Waals surface area contributed by atoms with Crippen LogP contribution in [0.1, 0.15) is 21.7 Å². The first-order valence-corrected chi connectivity index (χ1v) is 9.73. The molecule has 1 aliphatic rings. The Balaban J connectivity index is 1.29. The molecule has 1 N–H and O–H groups in total. The minimum atomic E-state index is 0.0926. The lowest BCUT2D eigenvalue weighted by molar-refractivity contribution is 0.0638. The molecule has 0 unspecified atom stereocenters. The zero-order chi connectivity index (χ0) is 19.5. The summed E-state index contributed by atoms with van der Waals surface area (Å²) in [6.07, 6.45) is 0.889. The van der Waals surface area contributed by atoms with E-state index in [-0.39, 0.29) is 5.91 Å². The molecule has 4 rings (SSSR count). The van der Waals surface area contributed by atoms with Crippen molar-refractivity contribution < 1.29 is 9.53 Å². The van der Waals surface area contributed by atoms with Gasteiger partial charge in [-0.15, -0.1) is 0 Å². The van der Waals surface area contributed by atoms with Gasteiger partial charge < -0.3 is 14.6 Å². The van der Waals surface area contributed by atoms with Crippen LogP contribution in [0.15, 0.2) is 42.5 Å². The molecule has 28 heavy (non-hydrogen) atoms. The Labute approximate surface area is 165 Å². The molecular weight excluding hydrogens is 352 g/mol. The third-order valence-electron chi connectivity index (χ3n) is 5.35. The lowest BCUT2D eigenvalue weighted by Gasteiger charge is -2.34. The van der Waals surface area contributed by atoms with E-state index < -0.39 is 0 Å². The van der Waals surface area contributed by atoms with Gasteiger partial charge in [-0.05, 0) is 48.9 Å². The largest absolute Gasteiger partial charge is 0.497 e. The number of aromatic nitrogens is 2. The second-order valence-corrected chi connectivity index (χ2v) is 7.32. The molecule has 0 radical (unpaired) electrons. The van der Waals surface area contributed by atoms with E-state index in [1.807, 2.05) is 29.2 Å². The Morgan fingerprint density at radius 2 is 1.86 bits per heavy atom. The minimum absolute atomic E-state index is 0.0926. The van der Waals surface area contributed by atoms with E-state index in [0.717, 1.165) is 61.8 Å². The third-order valence-corrected chi connectivity index (χ3v) is 5.35. The van der Waals surface area contributed by atoms with Gasteiger partial charge in [0.2, 0.25) is 0 Å². The molecule has 0 atom stereocenters. The maximum Gasteiger partial charge on any atom is 0.253 e. The molecular formula is C22H26N4O2. The van der Waals surface area contributed by atoms with Crippen LogP contribution in [0, 0.1) is 6.92 Å². The predicted octanol–water partition coefficient (Wildman–Crippen LogP) is 2.88. The SMILES string of the molecule is COc1ccc(C(=O)N2CCN(CCc3nc4ccc(C)cc4[nH]3)CC2)cc1. The van der Waals surface area contributed by atoms with E-state index in [2.05, 4.69) is 40.0 Å². The number of amides is 1. The van der Waals surface area contributed by atoms with Gasteiger partial charge in [-0.1, -0.05) is 6.07 Å². The minimum Gasteiger partial charge on any atom is -0.497 e. The van der Waals surface area contributed by atoms with Crippen LogP contribution in [-0.2, 0) is 6.42 Å². The van der Waals surface area contributed by atoms with Crippen molar-refractivity contribution in [2.24, 2.45) is 0 Å². The molecule has 6 heteroatoms. The van der Waals surface area contributed by atoms with Gasteiger partial charge in [0.05, 0.1) is 18.1 Å². The van der Waals surface area contributed by atoms with Crippen molar-refractivity contribution in [3.63, 3.8) is 0 Å². The van der Waals surface area contributed by atoms with E-state index in [4.69, 9.17) is 4.74 Å². The summed E-state index contributed by atoms with van der Waals surface area (Å²) in [7, 11) is 1.63. The van der Waals surface area contributed by atoms with Gasteiger partial charge in [0.25, 0.3) is 5.91 Å². The van der Waals surface area contributed by atoms with Crippen LogP contribution in [0.2, 0.25) is 0 Å². The average molecular weight is 378 g/mol. The van der Waals surface area contributed by atoms with Crippen molar-refractivity contribution in [3.05, 3.63) is 59.4 Å². The molecule has 2 aromatic carbocycles. The van der Waals surface area contributed by atoms with Crippen molar-refractivity contribution in [1.29, 1.82) is 0 Å². The maximum absolute atomic E-state index is 12.7. The number of ether oxygens (including phenoxy) is 1. The number of nitrogens with zero attached hydrogens (tertiary/aromatic N) is 3. The number of hydrogen-bond donors (Lipinski definition) is 1. The van der Waals surface area contributed by atoms with E-state index in [1.54, 1.807) is 7.11 Å². The Kier molecular flexibility index (Phi) is 5.30. The summed E-state index contributed by atoms with van der Waals surface area (Å²) in [6, 6.07) is 13.6. The topological polar surface area (TPSA) is 61.5 Å². The highest BCUT2D eigenvalue weighted by Crippen LogP contribution is 2.16. The van der Waals surface area contributed by atoms with Crippen LogP contribution in [0.25, 0.3) is 11.0 Å². The van der Waals surface area contributed by atoms with Crippen molar-refractivity contribution in [2.45, 2.75) is 13.3 Å². The lowest BCUT2D eigenvalue weighted by atomic mass is 10.1. The van der Waals surface area contributed by atoms with Crippen LogP contribution in [0.5, 0.6) is 5.75 Å². The number of aromatic amines is 1. The fourth-order valence-electron chi connectivity index (χ4n) is 3.65. The summed E-state index contributed by atoms with van der Waals surface area (Å²) >= 11 is 0. The Hall–Kier alpha value is -2.86. The van der Waals surface area contributed by atoms with Crippen molar-refractivity contribution in [2.75, 3.05) is 39.8 Å². The van der Waals surface area contributed by atoms with Gasteiger partial charge in [0.1, 0.15) is 11.6 Å². The third kappa shape index (κ3) is 4.02. The van der Waals surface area contributed by atoms with Crippen LogP contribution in [0.3, 0.4) is 0 Å². The number of carbonyl (C=O) groups excluding carboxylic acids is 1. The molecule has 3 aromatic rings. The van der Waals surface area contributed by atoms with E-state index in [0.29, 0.717) is 5.56 Å². The number of nitrogens with one attached hydrogen (secondary N) is 1. The van der Waals surface area contributed by atoms with Crippen molar-refractivity contribution in [3.8, 4) is 5.75 Å². The second-order valence-electron chi connectivity index (χ2n) is 7.32. The van der Waals surface area contributed by atoms with Gasteiger partial charge >= 0.3 is 0 Å². The van der Waals surface area contributed by atoms with Crippen molar-refractivity contribution >= 4 is 16.9 Å². The molecule has 1 saturated heterocycles. The summed E-state index contributed by atoms with van der Waals surface area (Å²) in [5, 5.41) is 0. The molecule has 1 aliphatic heterocycles. The number of methoxy groups -OCH3 is 1. The number of piperazine rings is 1. The van der Waals surface area contributed by atoms with Gasteiger partial charge in [-0.3, -0.25) is 9.69 Å². The summed E-state index contributed by atoms with van der Waals surface area (Å²) < 4.78 is 5.16. The van der Waals surface area contributed by atoms with Crippen LogP contribution in [0.4, 0.5) is 0 Å². The summed E-state index contributed by atoms with van der Waals surface area (Å²) in [5.74, 6) is 1.88. The fraction of sp³-hybridized carbons (Fsp3) is 0.364. The molecule has 0 spiro atoms. The number of benzene rings is 2. The molecule has 0 saturated carbocycles. The first-order valence-electron chi connectivity index (χ1n) is 9.73. The van der Waals surface area contributed by atoms with Crippen LogP contribution >= 0.6 is 0 Å². The second kappa shape index (κ2) is 8.02. The number of hydrogen-bond acceptors (Lipinski definition) is 4. The highest BCUT2D eigenvalue weighted by atomic mass is 16.5. The number of rotatable bonds is 5. The maximum atomic E-state index is 12.7. The molecule has 2 heterocycles. The average Bonchev–Trinajstić information content (AvgIpc) is 3.14. The number of H-pyrrole nitrogens is 1. The van der Waals surface area contributed by atoms with Gasteiger partial charge in [-0.2, -0.15) is 0 Å². The molecule has 146 valence electrons. The molecule has 6 nitrogen and oxygen atoms in total. The van der Waals surface area contributed by atoms with Crippen LogP contribution < -0.4 is 4.74 Å². The summed E-state index contributed by atoms with van der Waals surface area (Å²) in [4.78, 5) is 25.1. The highest BCUT2D eigenvalue weighted by Gasteiger charge is 2.22. The Morgan fingerprint density at radius 1 is 1.11 bits per heavy atom. The summed E-state index contributed by atoms with van der Waals surface area (Å²) in [6.45, 7) is 6.33. The zero-order valence-electron chi connectivity index (χ0n) is 16.4. The number of fused-ring (bicyclic) bond motifs is 1. The standard InChI is InChI=1S/C22H26N4O2/c1-16-3-8-19-20(15-16)24-21(23-19)9-10-25-11-13-26(14-12-25)22(27)17-4-6-18(28-2)7-5-17/h3-8,15H,9-14H2,1-2H3,(H,23,24). The molecule has 0 aliphatic carbocycles. The van der Waals surface area contributed by atoms with Gasteiger partial charge in [0, 0.05) is 44.7 Å². The van der Waals surface area contributed by atoms with E-state index >= 15 is 0 Å². The first-order chi connectivity index (χ1) is 13.6. The normalized spacial score (nSPS) is 15.1. The van der Waals surface area contributed by atoms with Gasteiger partial charge in [-0.25, -0.2) is 4.98 Å². The lowest BCUT2D eigenvalue weighted by Crippen LogP contribution is -2.49. The highest BCUT2D eigenvalue weighted by molar-refractivity contribution is 5.94.